The number of halogens is 3. The van der Waals surface area contributed by atoms with Crippen LogP contribution in [-0.2, 0) is 4.79 Å². The second-order valence-electron chi connectivity index (χ2n) is 6.91. The highest BCUT2D eigenvalue weighted by Crippen LogP contribution is 2.27. The van der Waals surface area contributed by atoms with Crippen molar-refractivity contribution in [2.45, 2.75) is 35.9 Å². The standard InChI is InChI=1S/C21H23Cl2FN2O2/c22-20(23)21(28)26-18(12-24)19(27)16-9-5-14(6-10-16)13-3-7-15(8-4-13)17-2-1-11-25-17/h3-10,17-20,25,27H,1-2,11-12H2,(H,26,28)/t17?,18-,19+/m1/s1. The zero-order valence-electron chi connectivity index (χ0n) is 15.2. The average Bonchev–Trinajstić information content (AvgIpc) is 3.26. The van der Waals surface area contributed by atoms with Crippen molar-refractivity contribution < 1.29 is 14.3 Å². The Labute approximate surface area is 174 Å². The van der Waals surface area contributed by atoms with Gasteiger partial charge in [0, 0.05) is 6.04 Å². The van der Waals surface area contributed by atoms with Crippen molar-refractivity contribution in [3.63, 3.8) is 0 Å². The van der Waals surface area contributed by atoms with Crippen molar-refractivity contribution in [1.29, 1.82) is 0 Å². The van der Waals surface area contributed by atoms with Crippen LogP contribution >= 0.6 is 23.2 Å². The van der Waals surface area contributed by atoms with Crippen molar-refractivity contribution in [2.24, 2.45) is 0 Å². The van der Waals surface area contributed by atoms with Crippen LogP contribution in [0.4, 0.5) is 4.39 Å². The second kappa shape index (κ2) is 9.70. The molecule has 150 valence electrons. The maximum Gasteiger partial charge on any atom is 0.253 e. The van der Waals surface area contributed by atoms with Crippen LogP contribution in [0.25, 0.3) is 11.1 Å². The first-order chi connectivity index (χ1) is 13.5. The molecule has 28 heavy (non-hydrogen) atoms. The minimum absolute atomic E-state index is 0.431. The fraction of sp³-hybridized carbons (Fsp3) is 0.381. The lowest BCUT2D eigenvalue weighted by atomic mass is 9.97. The molecule has 1 unspecified atom stereocenters. The Hall–Kier alpha value is -1.66. The number of aliphatic hydroxyl groups excluding tert-OH is 1. The molecule has 1 aliphatic rings. The van der Waals surface area contributed by atoms with Gasteiger partial charge in [0.25, 0.3) is 5.91 Å². The summed E-state index contributed by atoms with van der Waals surface area (Å²) in [4.78, 5) is 10.2. The zero-order chi connectivity index (χ0) is 20.1. The molecule has 1 aliphatic heterocycles. The molecule has 7 heteroatoms. The smallest absolute Gasteiger partial charge is 0.253 e. The molecule has 2 aromatic carbocycles. The van der Waals surface area contributed by atoms with E-state index >= 15 is 0 Å². The van der Waals surface area contributed by atoms with Crippen LogP contribution in [0.15, 0.2) is 48.5 Å². The highest BCUT2D eigenvalue weighted by atomic mass is 35.5. The van der Waals surface area contributed by atoms with Gasteiger partial charge >= 0.3 is 0 Å². The number of carbonyl (C=O) groups is 1. The minimum atomic E-state index is -1.31. The van der Waals surface area contributed by atoms with Gasteiger partial charge in [-0.05, 0) is 41.6 Å². The van der Waals surface area contributed by atoms with Gasteiger partial charge in [0.05, 0.1) is 6.04 Å². The highest BCUT2D eigenvalue weighted by Gasteiger charge is 2.25. The van der Waals surface area contributed by atoms with E-state index in [0.717, 1.165) is 24.1 Å². The fourth-order valence-corrected chi connectivity index (χ4v) is 3.56. The molecule has 0 aromatic heterocycles. The number of rotatable bonds is 7. The molecule has 1 fully saturated rings. The van der Waals surface area contributed by atoms with Crippen molar-refractivity contribution in [3.8, 4) is 11.1 Å². The van der Waals surface area contributed by atoms with E-state index in [1.165, 1.54) is 12.0 Å². The molecular formula is C21H23Cl2FN2O2. The van der Waals surface area contributed by atoms with E-state index in [0.29, 0.717) is 11.6 Å². The number of hydrogen-bond acceptors (Lipinski definition) is 3. The van der Waals surface area contributed by atoms with Gasteiger partial charge in [-0.2, -0.15) is 0 Å². The van der Waals surface area contributed by atoms with Crippen LogP contribution < -0.4 is 10.6 Å². The Kier molecular flexibility index (Phi) is 7.30. The lowest BCUT2D eigenvalue weighted by molar-refractivity contribution is -0.121. The summed E-state index contributed by atoms with van der Waals surface area (Å²) in [7, 11) is 0. The van der Waals surface area contributed by atoms with Crippen molar-refractivity contribution in [3.05, 3.63) is 59.7 Å². The van der Waals surface area contributed by atoms with E-state index < -0.39 is 29.6 Å². The van der Waals surface area contributed by atoms with Crippen molar-refractivity contribution >= 4 is 29.1 Å². The Morgan fingerprint density at radius 2 is 1.75 bits per heavy atom. The summed E-state index contributed by atoms with van der Waals surface area (Å²) in [6.07, 6.45) is 1.16. The number of benzene rings is 2. The molecular weight excluding hydrogens is 402 g/mol. The summed E-state index contributed by atoms with van der Waals surface area (Å²) in [5.74, 6) is -0.738. The topological polar surface area (TPSA) is 61.4 Å². The molecule has 1 saturated heterocycles. The number of aliphatic hydroxyl groups is 1. The molecule has 4 nitrogen and oxygen atoms in total. The monoisotopic (exact) mass is 424 g/mol. The Bertz CT molecular complexity index is 778. The third-order valence-electron chi connectivity index (χ3n) is 5.03. The Balaban J connectivity index is 1.69. The molecule has 3 rings (SSSR count). The average molecular weight is 425 g/mol. The van der Waals surface area contributed by atoms with Gasteiger partial charge in [-0.1, -0.05) is 71.7 Å². The molecule has 0 bridgehead atoms. The summed E-state index contributed by atoms with van der Waals surface area (Å²) >= 11 is 10.9. The molecule has 3 N–H and O–H groups in total. The highest BCUT2D eigenvalue weighted by molar-refractivity contribution is 6.53. The van der Waals surface area contributed by atoms with E-state index in [1.54, 1.807) is 12.1 Å². The van der Waals surface area contributed by atoms with Crippen LogP contribution in [-0.4, -0.2) is 35.1 Å². The fourth-order valence-electron chi connectivity index (χ4n) is 3.43. The van der Waals surface area contributed by atoms with E-state index in [-0.39, 0.29) is 0 Å². The molecule has 1 heterocycles. The van der Waals surface area contributed by atoms with E-state index in [1.807, 2.05) is 12.1 Å². The number of carbonyl (C=O) groups excluding carboxylic acids is 1. The van der Waals surface area contributed by atoms with Gasteiger partial charge in [0.2, 0.25) is 0 Å². The van der Waals surface area contributed by atoms with Gasteiger partial charge in [0.15, 0.2) is 4.84 Å². The summed E-state index contributed by atoms with van der Waals surface area (Å²) in [6, 6.07) is 14.9. The molecule has 0 saturated carbocycles. The summed E-state index contributed by atoms with van der Waals surface area (Å²) in [5, 5.41) is 16.2. The van der Waals surface area contributed by atoms with E-state index in [9.17, 15) is 14.3 Å². The van der Waals surface area contributed by atoms with Gasteiger partial charge < -0.3 is 15.7 Å². The van der Waals surface area contributed by atoms with Crippen LogP contribution in [0.2, 0.25) is 0 Å². The summed E-state index contributed by atoms with van der Waals surface area (Å²) in [5.41, 5.74) is 3.83. The molecule has 0 aliphatic carbocycles. The van der Waals surface area contributed by atoms with Crippen LogP contribution in [0.3, 0.4) is 0 Å². The van der Waals surface area contributed by atoms with Crippen LogP contribution in [0.5, 0.6) is 0 Å². The SMILES string of the molecule is O=C(N[C@H](CF)[C@@H](O)c1ccc(-c2ccc(C3CCCN3)cc2)cc1)C(Cl)Cl. The van der Waals surface area contributed by atoms with Crippen molar-refractivity contribution in [1.82, 2.24) is 10.6 Å². The first-order valence-electron chi connectivity index (χ1n) is 9.26. The largest absolute Gasteiger partial charge is 0.386 e. The molecule has 0 spiro atoms. The van der Waals surface area contributed by atoms with E-state index in [4.69, 9.17) is 23.2 Å². The predicted molar refractivity (Wildman–Crippen MR) is 110 cm³/mol. The van der Waals surface area contributed by atoms with Gasteiger partial charge in [-0.3, -0.25) is 4.79 Å². The van der Waals surface area contributed by atoms with Gasteiger partial charge in [0.1, 0.15) is 12.8 Å². The third-order valence-corrected chi connectivity index (χ3v) is 5.43. The molecule has 2 aromatic rings. The molecule has 1 amide bonds. The van der Waals surface area contributed by atoms with Gasteiger partial charge in [-0.15, -0.1) is 0 Å². The summed E-state index contributed by atoms with van der Waals surface area (Å²) < 4.78 is 13.3. The third kappa shape index (κ3) is 5.03. The normalized spacial score (nSPS) is 18.8. The molecule has 0 radical (unpaired) electrons. The second-order valence-corrected chi connectivity index (χ2v) is 8.00. The Morgan fingerprint density at radius 3 is 2.25 bits per heavy atom. The van der Waals surface area contributed by atoms with Gasteiger partial charge in [-0.25, -0.2) is 4.39 Å². The summed E-state index contributed by atoms with van der Waals surface area (Å²) in [6.45, 7) is 0.124. The van der Waals surface area contributed by atoms with Crippen LogP contribution in [0, 0.1) is 0 Å². The first kappa shape index (κ1) is 21.1. The van der Waals surface area contributed by atoms with Crippen LogP contribution in [0.1, 0.15) is 36.1 Å². The van der Waals surface area contributed by atoms with Crippen molar-refractivity contribution in [2.75, 3.05) is 13.2 Å². The first-order valence-corrected chi connectivity index (χ1v) is 10.1. The number of amides is 1. The van der Waals surface area contributed by atoms with E-state index in [2.05, 4.69) is 34.9 Å². The molecule has 3 atom stereocenters. The lowest BCUT2D eigenvalue weighted by Crippen LogP contribution is -2.43. The maximum atomic E-state index is 13.3. The minimum Gasteiger partial charge on any atom is -0.386 e. The Morgan fingerprint density at radius 1 is 1.14 bits per heavy atom. The number of hydrogen-bond donors (Lipinski definition) is 3. The maximum absolute atomic E-state index is 13.3. The quantitative estimate of drug-likeness (QED) is 0.587. The number of nitrogens with one attached hydrogen (secondary N) is 2. The lowest BCUT2D eigenvalue weighted by Gasteiger charge is -2.22. The predicted octanol–water partition coefficient (Wildman–Crippen LogP) is 4.07. The zero-order valence-corrected chi connectivity index (χ0v) is 16.8. The number of alkyl halides is 3.